The first kappa shape index (κ1) is 14.1. The Kier molecular flexibility index (Phi) is 5.78. The van der Waals surface area contributed by atoms with Crippen LogP contribution in [-0.2, 0) is 22.7 Å². The predicted molar refractivity (Wildman–Crippen MR) is 64.2 cm³/mol. The molecule has 0 aliphatic rings. The zero-order valence-electron chi connectivity index (χ0n) is 10.3. The van der Waals surface area contributed by atoms with Gasteiger partial charge in [-0.3, -0.25) is 14.3 Å². The highest BCUT2D eigenvalue weighted by atomic mass is 16.2. The molecule has 0 saturated heterocycles. The number of aromatic nitrogens is 3. The van der Waals surface area contributed by atoms with Gasteiger partial charge in [0.2, 0.25) is 11.8 Å². The van der Waals surface area contributed by atoms with Gasteiger partial charge in [-0.25, -0.2) is 0 Å². The van der Waals surface area contributed by atoms with Gasteiger partial charge in [0.15, 0.2) is 0 Å². The molecule has 0 fully saturated rings. The van der Waals surface area contributed by atoms with Crippen LogP contribution < -0.4 is 16.4 Å². The Morgan fingerprint density at radius 3 is 2.83 bits per heavy atom. The van der Waals surface area contributed by atoms with Gasteiger partial charge in [0.1, 0.15) is 5.69 Å². The van der Waals surface area contributed by atoms with Crippen LogP contribution in [0.25, 0.3) is 0 Å². The van der Waals surface area contributed by atoms with E-state index in [9.17, 15) is 9.59 Å². The number of hydrogen-bond acceptors (Lipinski definition) is 5. The Bertz CT molecular complexity index is 403. The smallest absolute Gasteiger partial charge is 0.234 e. The molecule has 1 heterocycles. The molecule has 0 bridgehead atoms. The third-order valence-corrected chi connectivity index (χ3v) is 2.18. The van der Waals surface area contributed by atoms with Gasteiger partial charge in [-0.05, 0) is 6.92 Å². The average Bonchev–Trinajstić information content (AvgIpc) is 2.82. The first-order valence-electron chi connectivity index (χ1n) is 5.78. The lowest BCUT2D eigenvalue weighted by atomic mass is 10.4. The molecule has 1 aromatic rings. The third kappa shape index (κ3) is 4.91. The van der Waals surface area contributed by atoms with Crippen molar-refractivity contribution < 1.29 is 9.59 Å². The molecule has 8 heteroatoms. The summed E-state index contributed by atoms with van der Waals surface area (Å²) in [6.45, 7) is 3.18. The second kappa shape index (κ2) is 7.38. The van der Waals surface area contributed by atoms with Crippen LogP contribution >= 0.6 is 0 Å². The molecule has 0 saturated carbocycles. The molecule has 0 atom stereocenters. The van der Waals surface area contributed by atoms with Crippen LogP contribution in [0.4, 0.5) is 0 Å². The Labute approximate surface area is 105 Å². The standard InChI is InChI=1S/C10H18N6O2/c1-2-12-9(17)3-4-16-7-8(14-15-16)6-13-10(18)5-11/h7H,2-6,11H2,1H3,(H,12,17)(H,13,18). The number of nitrogens with zero attached hydrogens (tertiary/aromatic N) is 3. The molecule has 0 aliphatic heterocycles. The molecule has 0 aliphatic carbocycles. The van der Waals surface area contributed by atoms with Crippen molar-refractivity contribution in [3.8, 4) is 0 Å². The summed E-state index contributed by atoms with van der Waals surface area (Å²) in [7, 11) is 0. The molecule has 100 valence electrons. The summed E-state index contributed by atoms with van der Waals surface area (Å²) >= 11 is 0. The lowest BCUT2D eigenvalue weighted by Crippen LogP contribution is -2.29. The molecule has 0 unspecified atom stereocenters. The van der Waals surface area contributed by atoms with E-state index < -0.39 is 0 Å². The third-order valence-electron chi connectivity index (χ3n) is 2.18. The zero-order chi connectivity index (χ0) is 13.4. The van der Waals surface area contributed by atoms with E-state index in [1.54, 1.807) is 10.9 Å². The molecule has 18 heavy (non-hydrogen) atoms. The zero-order valence-corrected chi connectivity index (χ0v) is 10.3. The van der Waals surface area contributed by atoms with E-state index in [-0.39, 0.29) is 24.9 Å². The minimum absolute atomic E-state index is 0.0222. The predicted octanol–water partition coefficient (Wildman–Crippen LogP) is -1.62. The van der Waals surface area contributed by atoms with Crippen LogP contribution in [0.1, 0.15) is 19.0 Å². The minimum atomic E-state index is -0.244. The second-order valence-electron chi connectivity index (χ2n) is 3.66. The summed E-state index contributed by atoms with van der Waals surface area (Å²) < 4.78 is 1.57. The topological polar surface area (TPSA) is 115 Å². The first-order chi connectivity index (χ1) is 8.65. The summed E-state index contributed by atoms with van der Waals surface area (Å²) in [5.41, 5.74) is 5.79. The Hall–Kier alpha value is -1.96. The van der Waals surface area contributed by atoms with Gasteiger partial charge >= 0.3 is 0 Å². The van der Waals surface area contributed by atoms with Crippen LogP contribution in [0.3, 0.4) is 0 Å². The normalized spacial score (nSPS) is 10.1. The van der Waals surface area contributed by atoms with Crippen LogP contribution in [0, 0.1) is 0 Å². The summed E-state index contributed by atoms with van der Waals surface area (Å²) in [5, 5.41) is 13.0. The van der Waals surface area contributed by atoms with Gasteiger partial charge in [0, 0.05) is 13.0 Å². The Morgan fingerprint density at radius 1 is 1.39 bits per heavy atom. The molecule has 8 nitrogen and oxygen atoms in total. The molecule has 0 aromatic carbocycles. The highest BCUT2D eigenvalue weighted by Crippen LogP contribution is 1.94. The highest BCUT2D eigenvalue weighted by Gasteiger charge is 2.04. The van der Waals surface area contributed by atoms with Crippen LogP contribution in [0.2, 0.25) is 0 Å². The number of amides is 2. The summed E-state index contributed by atoms with van der Waals surface area (Å²) in [4.78, 5) is 22.2. The minimum Gasteiger partial charge on any atom is -0.356 e. The van der Waals surface area contributed by atoms with Crippen LogP contribution in [-0.4, -0.2) is 39.9 Å². The number of nitrogens with one attached hydrogen (secondary N) is 2. The molecule has 0 spiro atoms. The summed E-state index contributed by atoms with van der Waals surface area (Å²) in [6.07, 6.45) is 2.04. The van der Waals surface area contributed by atoms with Gasteiger partial charge in [0.25, 0.3) is 0 Å². The maximum absolute atomic E-state index is 11.2. The van der Waals surface area contributed by atoms with Crippen molar-refractivity contribution in [3.05, 3.63) is 11.9 Å². The largest absolute Gasteiger partial charge is 0.356 e. The van der Waals surface area contributed by atoms with Crippen LogP contribution in [0.5, 0.6) is 0 Å². The SMILES string of the molecule is CCNC(=O)CCn1cc(CNC(=O)CN)nn1. The molecule has 1 aromatic heterocycles. The number of carbonyl (C=O) groups is 2. The molecule has 0 radical (unpaired) electrons. The monoisotopic (exact) mass is 254 g/mol. The lowest BCUT2D eigenvalue weighted by molar-refractivity contribution is -0.121. The average molecular weight is 254 g/mol. The fourth-order valence-electron chi connectivity index (χ4n) is 1.29. The van der Waals surface area contributed by atoms with Gasteiger partial charge in [-0.15, -0.1) is 5.10 Å². The van der Waals surface area contributed by atoms with Crippen molar-refractivity contribution in [2.45, 2.75) is 26.4 Å². The summed E-state index contributed by atoms with van der Waals surface area (Å²) in [5.74, 6) is -0.266. The molecule has 4 N–H and O–H groups in total. The molecular formula is C10H18N6O2. The quantitative estimate of drug-likeness (QED) is 0.541. The fraction of sp³-hybridized carbons (Fsp3) is 0.600. The molecule has 1 rings (SSSR count). The van der Waals surface area contributed by atoms with Gasteiger partial charge < -0.3 is 16.4 Å². The van der Waals surface area contributed by atoms with E-state index in [2.05, 4.69) is 20.9 Å². The van der Waals surface area contributed by atoms with Crippen molar-refractivity contribution in [1.82, 2.24) is 25.6 Å². The number of aryl methyl sites for hydroxylation is 1. The molecule has 2 amide bonds. The highest BCUT2D eigenvalue weighted by molar-refractivity contribution is 5.77. The number of nitrogens with two attached hydrogens (primary N) is 1. The van der Waals surface area contributed by atoms with Crippen LogP contribution in [0.15, 0.2) is 6.20 Å². The van der Waals surface area contributed by atoms with E-state index >= 15 is 0 Å². The van der Waals surface area contributed by atoms with E-state index in [0.717, 1.165) is 0 Å². The van der Waals surface area contributed by atoms with Gasteiger partial charge in [-0.2, -0.15) is 0 Å². The van der Waals surface area contributed by atoms with E-state index in [0.29, 0.717) is 25.2 Å². The van der Waals surface area contributed by atoms with Gasteiger partial charge in [0.05, 0.1) is 25.8 Å². The van der Waals surface area contributed by atoms with Crippen molar-refractivity contribution in [3.63, 3.8) is 0 Å². The molecular weight excluding hydrogens is 236 g/mol. The first-order valence-corrected chi connectivity index (χ1v) is 5.78. The van der Waals surface area contributed by atoms with Gasteiger partial charge in [-0.1, -0.05) is 5.21 Å². The Balaban J connectivity index is 2.34. The second-order valence-corrected chi connectivity index (χ2v) is 3.66. The summed E-state index contributed by atoms with van der Waals surface area (Å²) in [6, 6.07) is 0. The number of rotatable bonds is 7. The maximum atomic E-state index is 11.2. The van der Waals surface area contributed by atoms with Crippen molar-refractivity contribution in [2.75, 3.05) is 13.1 Å². The maximum Gasteiger partial charge on any atom is 0.234 e. The fourth-order valence-corrected chi connectivity index (χ4v) is 1.29. The number of carbonyl (C=O) groups excluding carboxylic acids is 2. The van der Waals surface area contributed by atoms with Crippen molar-refractivity contribution in [1.29, 1.82) is 0 Å². The lowest BCUT2D eigenvalue weighted by Gasteiger charge is -2.01. The van der Waals surface area contributed by atoms with E-state index in [1.807, 2.05) is 6.92 Å². The Morgan fingerprint density at radius 2 is 2.17 bits per heavy atom. The van der Waals surface area contributed by atoms with Crippen molar-refractivity contribution in [2.24, 2.45) is 5.73 Å². The van der Waals surface area contributed by atoms with E-state index in [1.165, 1.54) is 0 Å². The van der Waals surface area contributed by atoms with Crippen molar-refractivity contribution >= 4 is 11.8 Å². The van der Waals surface area contributed by atoms with E-state index in [4.69, 9.17) is 5.73 Å². The number of hydrogen-bond donors (Lipinski definition) is 3.